The number of hydrogen-bond donors (Lipinski definition) is 3. The summed E-state index contributed by atoms with van der Waals surface area (Å²) in [6, 6.07) is 1.77. The van der Waals surface area contributed by atoms with Gasteiger partial charge in [0.2, 0.25) is 21.8 Å². The molecule has 8 rings (SSSR count). The van der Waals surface area contributed by atoms with Crippen molar-refractivity contribution in [1.29, 1.82) is 0 Å². The number of piperidine rings is 1. The molecular formula is C48H62F6N6O9S. The highest BCUT2D eigenvalue weighted by Gasteiger charge is 2.60. The molecule has 1 aromatic heterocycles. The van der Waals surface area contributed by atoms with Crippen LogP contribution in [0.3, 0.4) is 0 Å². The average Bonchev–Trinajstić information content (AvgIpc) is 3.95. The van der Waals surface area contributed by atoms with Gasteiger partial charge >= 0.3 is 18.4 Å². The molecule has 4 amide bonds. The van der Waals surface area contributed by atoms with Crippen LogP contribution in [0.2, 0.25) is 0 Å². The molecule has 4 aliphatic heterocycles. The van der Waals surface area contributed by atoms with E-state index < -0.39 is 105 Å². The third-order valence-corrected chi connectivity index (χ3v) is 17.1. The van der Waals surface area contributed by atoms with Crippen molar-refractivity contribution >= 4 is 44.7 Å². The van der Waals surface area contributed by atoms with Crippen molar-refractivity contribution in [3.05, 3.63) is 41.6 Å². The molecule has 70 heavy (non-hydrogen) atoms. The van der Waals surface area contributed by atoms with E-state index in [1.54, 1.807) is 12.1 Å². The fourth-order valence-corrected chi connectivity index (χ4v) is 11.7. The molecule has 0 bridgehead atoms. The van der Waals surface area contributed by atoms with Gasteiger partial charge in [-0.2, -0.15) is 26.3 Å². The van der Waals surface area contributed by atoms with E-state index in [4.69, 9.17) is 14.2 Å². The number of alkyl carbamates (subject to hydrolysis) is 1. The lowest BCUT2D eigenvalue weighted by Crippen LogP contribution is -2.70. The molecule has 2 saturated carbocycles. The van der Waals surface area contributed by atoms with Gasteiger partial charge < -0.3 is 29.7 Å². The van der Waals surface area contributed by atoms with Gasteiger partial charge in [0.1, 0.15) is 29.0 Å². The Labute approximate surface area is 403 Å². The Morgan fingerprint density at radius 1 is 1.00 bits per heavy atom. The fraction of sp³-hybridized carbons (Fsp3) is 0.688. The van der Waals surface area contributed by atoms with Gasteiger partial charge in [0.25, 0.3) is 5.91 Å². The molecule has 0 radical (unpaired) electrons. The summed E-state index contributed by atoms with van der Waals surface area (Å²) in [5, 5.41) is 5.82. The molecule has 1 aromatic carbocycles. The topological polar surface area (TPSA) is 186 Å². The summed E-state index contributed by atoms with van der Waals surface area (Å²) in [5.41, 5.74) is -4.48. The number of hydrogen-bond acceptors (Lipinski definition) is 11. The molecule has 1 spiro atoms. The van der Waals surface area contributed by atoms with E-state index in [9.17, 15) is 40.8 Å². The zero-order chi connectivity index (χ0) is 50.4. The van der Waals surface area contributed by atoms with Gasteiger partial charge in [-0.3, -0.25) is 24.0 Å². The van der Waals surface area contributed by atoms with Crippen molar-refractivity contribution in [2.45, 2.75) is 151 Å². The first-order valence-corrected chi connectivity index (χ1v) is 25.8. The Balaban J connectivity index is 1.11. The Morgan fingerprint density at radius 3 is 2.40 bits per heavy atom. The number of pyridine rings is 1. The predicted molar refractivity (Wildman–Crippen MR) is 243 cm³/mol. The second-order valence-electron chi connectivity index (χ2n) is 20.8. The number of alkyl halides is 6. The summed E-state index contributed by atoms with van der Waals surface area (Å²) in [5.74, 6) is -3.45. The van der Waals surface area contributed by atoms with Crippen molar-refractivity contribution in [2.75, 3.05) is 39.4 Å². The van der Waals surface area contributed by atoms with Crippen LogP contribution in [0.15, 0.2) is 30.4 Å². The summed E-state index contributed by atoms with van der Waals surface area (Å²) >= 11 is 0. The number of sulfonamides is 1. The molecule has 15 nitrogen and oxygen atoms in total. The number of nitrogens with zero attached hydrogens (tertiary/aromatic N) is 3. The number of ether oxygens (including phenoxy) is 3. The third kappa shape index (κ3) is 11.1. The smallest absolute Gasteiger partial charge is 0.437 e. The Bertz CT molecular complexity index is 2480. The van der Waals surface area contributed by atoms with Gasteiger partial charge in [0.05, 0.1) is 36.6 Å². The Hall–Kier alpha value is -4.86. The van der Waals surface area contributed by atoms with E-state index >= 15 is 13.2 Å². The normalized spacial score (nSPS) is 27.8. The van der Waals surface area contributed by atoms with Gasteiger partial charge in [-0.25, -0.2) is 18.2 Å². The van der Waals surface area contributed by atoms with E-state index in [-0.39, 0.29) is 81.3 Å². The standard InChI is InChI=1S/C48H62F6N6O9S/c1-29(2)25-68-43(64)56-36-10-8-6-4-5-7-9-31-13-18-46(31,42(63)58-70(65,66)44(3)19-20-44)57-40(61)37-24-45(27-60(37)41(36)62)17-14-33-34-23-32(11-12-35(34)55-39(38(33)69-45)48(52,53)54)67-26-30-15-21-59(22-16-30)28-47(49,50)51/h7,9,11-12,23,29-31,36-37H,4-6,8,10,13-22,24-28H2,1-3H3,(H,56,64)(H,57,61)(H,58,63). The molecule has 2 aliphatic carbocycles. The first-order valence-electron chi connectivity index (χ1n) is 24.3. The van der Waals surface area contributed by atoms with E-state index in [1.807, 2.05) is 19.9 Å². The molecule has 2 saturated heterocycles. The first-order chi connectivity index (χ1) is 32.9. The monoisotopic (exact) mass is 1010 g/mol. The maximum atomic E-state index is 15.1. The number of rotatable bonds is 10. The van der Waals surface area contributed by atoms with Crippen LogP contribution in [0.5, 0.6) is 11.5 Å². The molecule has 2 aromatic rings. The van der Waals surface area contributed by atoms with E-state index in [0.29, 0.717) is 68.9 Å². The van der Waals surface area contributed by atoms with Crippen molar-refractivity contribution in [2.24, 2.45) is 17.8 Å². The van der Waals surface area contributed by atoms with Gasteiger partial charge in [0, 0.05) is 23.3 Å². The number of carbonyl (C=O) groups excluding carboxylic acids is 4. The molecule has 5 heterocycles. The minimum absolute atomic E-state index is 0.00992. The minimum Gasteiger partial charge on any atom is -0.493 e. The SMILES string of the molecule is CC(C)COC(=O)NC1CCCCCC=CC2CCC2(C(=O)NS(=O)(=O)C2(C)CC2)NC(=O)C2CC3(CCc4c(c(C(F)(F)F)nc5ccc(OCC6CCN(CC(F)(F)F)CC6)cc45)O3)CN2C1=O. The quantitative estimate of drug-likeness (QED) is 0.163. The zero-order valence-electron chi connectivity index (χ0n) is 39.6. The van der Waals surface area contributed by atoms with Crippen LogP contribution in [0.1, 0.15) is 115 Å². The van der Waals surface area contributed by atoms with Crippen LogP contribution < -0.4 is 24.8 Å². The maximum absolute atomic E-state index is 15.1. The highest BCUT2D eigenvalue weighted by atomic mass is 32.2. The summed E-state index contributed by atoms with van der Waals surface area (Å²) in [7, 11) is -4.15. The fourth-order valence-electron chi connectivity index (χ4n) is 10.4. The Kier molecular flexibility index (Phi) is 14.4. The number of aryl methyl sites for hydroxylation is 1. The van der Waals surface area contributed by atoms with Crippen LogP contribution >= 0.6 is 0 Å². The van der Waals surface area contributed by atoms with Crippen molar-refractivity contribution in [3.63, 3.8) is 0 Å². The van der Waals surface area contributed by atoms with Gasteiger partial charge in [-0.15, -0.1) is 0 Å². The maximum Gasteiger partial charge on any atom is 0.437 e. The van der Waals surface area contributed by atoms with Crippen LogP contribution in [-0.2, 0) is 41.7 Å². The number of likely N-dealkylation sites (tertiary alicyclic amines) is 1. The second-order valence-corrected chi connectivity index (χ2v) is 23.0. The van der Waals surface area contributed by atoms with Crippen molar-refractivity contribution < 1.29 is 68.1 Å². The molecule has 3 N–H and O–H groups in total. The number of nitrogens with one attached hydrogen (secondary N) is 3. The summed E-state index contributed by atoms with van der Waals surface area (Å²) < 4.78 is 130. The summed E-state index contributed by atoms with van der Waals surface area (Å²) in [4.78, 5) is 63.8. The third-order valence-electron chi connectivity index (χ3n) is 14.9. The zero-order valence-corrected chi connectivity index (χ0v) is 40.4. The molecule has 386 valence electrons. The molecule has 22 heteroatoms. The molecule has 6 aliphatic rings. The van der Waals surface area contributed by atoms with E-state index in [0.717, 1.165) is 0 Å². The lowest BCUT2D eigenvalue weighted by molar-refractivity contribution is -0.149. The largest absolute Gasteiger partial charge is 0.493 e. The van der Waals surface area contributed by atoms with Gasteiger partial charge in [0.15, 0.2) is 11.4 Å². The van der Waals surface area contributed by atoms with Crippen LogP contribution in [0.4, 0.5) is 31.1 Å². The van der Waals surface area contributed by atoms with E-state index in [1.165, 1.54) is 28.9 Å². The highest BCUT2D eigenvalue weighted by molar-refractivity contribution is 7.91. The van der Waals surface area contributed by atoms with Crippen LogP contribution in [0.25, 0.3) is 10.9 Å². The van der Waals surface area contributed by atoms with Crippen LogP contribution in [-0.4, -0.2) is 121 Å². The molecule has 5 atom stereocenters. The van der Waals surface area contributed by atoms with Crippen molar-refractivity contribution in [1.82, 2.24) is 30.1 Å². The summed E-state index contributed by atoms with van der Waals surface area (Å²) in [6.45, 7) is 4.53. The van der Waals surface area contributed by atoms with Gasteiger partial charge in [-0.1, -0.05) is 38.8 Å². The Morgan fingerprint density at radius 2 is 1.74 bits per heavy atom. The van der Waals surface area contributed by atoms with Gasteiger partial charge in [-0.05, 0) is 121 Å². The second kappa shape index (κ2) is 19.6. The number of aromatic nitrogens is 1. The lowest BCUT2D eigenvalue weighted by Gasteiger charge is -2.48. The number of amides is 4. The lowest BCUT2D eigenvalue weighted by atomic mass is 9.65. The van der Waals surface area contributed by atoms with Crippen LogP contribution in [0, 0.1) is 17.8 Å². The minimum atomic E-state index is -5.02. The molecular weight excluding hydrogens is 951 g/mol. The number of carbonyl (C=O) groups is 4. The molecule has 4 fully saturated rings. The molecule has 5 unspecified atom stereocenters. The highest BCUT2D eigenvalue weighted by Crippen LogP contribution is 2.50. The number of halogens is 6. The number of allylic oxidation sites excluding steroid dienone is 1. The average molecular weight is 1010 g/mol. The summed E-state index contributed by atoms with van der Waals surface area (Å²) in [6.07, 6.45) is -2.21. The van der Waals surface area contributed by atoms with Crippen molar-refractivity contribution in [3.8, 4) is 11.5 Å². The first kappa shape index (κ1) is 51.5. The number of fused-ring (bicyclic) bond motifs is 5. The number of benzene rings is 1. The van der Waals surface area contributed by atoms with E-state index in [2.05, 4.69) is 20.3 Å². The predicted octanol–water partition coefficient (Wildman–Crippen LogP) is 7.11.